The molecule has 0 bridgehead atoms. The molecule has 0 saturated carbocycles. The summed E-state index contributed by atoms with van der Waals surface area (Å²) in [7, 11) is 2.07. The second-order valence-corrected chi connectivity index (χ2v) is 6.00. The maximum atomic E-state index is 3.48. The van der Waals surface area contributed by atoms with Crippen LogP contribution in [0.4, 0.5) is 0 Å². The number of benzene rings is 1. The minimum absolute atomic E-state index is 0.340. The molecule has 1 heteroatoms. The fourth-order valence-electron chi connectivity index (χ4n) is 2.96. The highest BCUT2D eigenvalue weighted by Crippen LogP contribution is 2.45. The average molecular weight is 217 g/mol. The Bertz CT molecular complexity index is 390. The number of hydrogen-bond acceptors (Lipinski definition) is 1. The summed E-state index contributed by atoms with van der Waals surface area (Å²) < 4.78 is 0. The van der Waals surface area contributed by atoms with Gasteiger partial charge in [0.15, 0.2) is 0 Å². The van der Waals surface area contributed by atoms with Crippen molar-refractivity contribution in [2.24, 2.45) is 5.41 Å². The molecule has 1 aromatic carbocycles. The first-order valence-electron chi connectivity index (χ1n) is 6.25. The Morgan fingerprint density at radius 1 is 1.31 bits per heavy atom. The van der Waals surface area contributed by atoms with Crippen molar-refractivity contribution in [1.29, 1.82) is 0 Å². The lowest BCUT2D eigenvalue weighted by Gasteiger charge is -2.27. The normalized spacial score (nSPS) is 22.5. The van der Waals surface area contributed by atoms with Crippen LogP contribution in [0.3, 0.4) is 0 Å². The van der Waals surface area contributed by atoms with Crippen LogP contribution in [0, 0.1) is 5.41 Å². The molecular weight excluding hydrogens is 194 g/mol. The average Bonchev–Trinajstić information content (AvgIpc) is 2.45. The lowest BCUT2D eigenvalue weighted by Crippen LogP contribution is -2.28. The van der Waals surface area contributed by atoms with Crippen molar-refractivity contribution in [1.82, 2.24) is 5.32 Å². The van der Waals surface area contributed by atoms with Gasteiger partial charge >= 0.3 is 0 Å². The van der Waals surface area contributed by atoms with E-state index in [9.17, 15) is 0 Å². The molecule has 0 heterocycles. The van der Waals surface area contributed by atoms with Gasteiger partial charge in [-0.05, 0) is 41.5 Å². The summed E-state index contributed by atoms with van der Waals surface area (Å²) >= 11 is 0. The minimum atomic E-state index is 0.340. The van der Waals surface area contributed by atoms with Crippen molar-refractivity contribution in [3.05, 3.63) is 34.9 Å². The molecule has 1 atom stereocenters. The number of nitrogens with one attached hydrogen (secondary N) is 1. The molecule has 1 unspecified atom stereocenters. The summed E-state index contributed by atoms with van der Waals surface area (Å²) in [4.78, 5) is 0. The molecule has 1 aliphatic carbocycles. The van der Waals surface area contributed by atoms with Crippen molar-refractivity contribution in [3.63, 3.8) is 0 Å². The highest BCUT2D eigenvalue weighted by Gasteiger charge is 2.37. The monoisotopic (exact) mass is 217 g/mol. The van der Waals surface area contributed by atoms with Gasteiger partial charge in [-0.3, -0.25) is 0 Å². The molecule has 16 heavy (non-hydrogen) atoms. The van der Waals surface area contributed by atoms with Gasteiger partial charge in [-0.25, -0.2) is 0 Å². The summed E-state index contributed by atoms with van der Waals surface area (Å²) in [6, 6.07) is 7.51. The van der Waals surface area contributed by atoms with E-state index in [1.807, 2.05) is 0 Å². The van der Waals surface area contributed by atoms with Crippen LogP contribution in [0.25, 0.3) is 0 Å². The minimum Gasteiger partial charge on any atom is -0.313 e. The number of fused-ring (bicyclic) bond motifs is 1. The first-order chi connectivity index (χ1) is 7.45. The van der Waals surface area contributed by atoms with Gasteiger partial charge in [-0.15, -0.1) is 0 Å². The summed E-state index contributed by atoms with van der Waals surface area (Å²) in [5.74, 6) is 0.617. The third-order valence-corrected chi connectivity index (χ3v) is 3.86. The van der Waals surface area contributed by atoms with E-state index in [0.717, 1.165) is 0 Å². The molecule has 0 aromatic heterocycles. The molecule has 0 saturated heterocycles. The summed E-state index contributed by atoms with van der Waals surface area (Å²) in [5.41, 5.74) is 4.83. The van der Waals surface area contributed by atoms with Gasteiger partial charge in [0.1, 0.15) is 0 Å². The second kappa shape index (κ2) is 3.89. The standard InChI is InChI=1S/C15H23N/c1-10(2)11-6-7-12-9-15(3,4)14(16-5)13(12)8-11/h6-8,10,14,16H,9H2,1-5H3. The zero-order valence-electron chi connectivity index (χ0n) is 11.1. The number of hydrogen-bond donors (Lipinski definition) is 1. The van der Waals surface area contributed by atoms with Crippen molar-refractivity contribution in [2.75, 3.05) is 7.05 Å². The molecule has 1 N–H and O–H groups in total. The van der Waals surface area contributed by atoms with Gasteiger partial charge in [0.2, 0.25) is 0 Å². The number of rotatable bonds is 2. The van der Waals surface area contributed by atoms with Gasteiger partial charge in [-0.2, -0.15) is 0 Å². The smallest absolute Gasteiger partial charge is 0.0375 e. The van der Waals surface area contributed by atoms with Crippen molar-refractivity contribution < 1.29 is 0 Å². The van der Waals surface area contributed by atoms with Crippen molar-refractivity contribution in [2.45, 2.75) is 46.1 Å². The van der Waals surface area contributed by atoms with Gasteiger partial charge in [-0.1, -0.05) is 45.9 Å². The quantitative estimate of drug-likeness (QED) is 0.797. The maximum absolute atomic E-state index is 3.48. The van der Waals surface area contributed by atoms with Crippen LogP contribution < -0.4 is 5.32 Å². The van der Waals surface area contributed by atoms with Gasteiger partial charge in [0.25, 0.3) is 0 Å². The summed E-state index contributed by atoms with van der Waals surface area (Å²) in [5, 5.41) is 3.48. The molecule has 0 aliphatic heterocycles. The van der Waals surface area contributed by atoms with E-state index in [-0.39, 0.29) is 0 Å². The van der Waals surface area contributed by atoms with E-state index < -0.39 is 0 Å². The molecular formula is C15H23N. The molecule has 0 fully saturated rings. The zero-order valence-corrected chi connectivity index (χ0v) is 11.1. The predicted octanol–water partition coefficient (Wildman–Crippen LogP) is 3.65. The van der Waals surface area contributed by atoms with E-state index in [2.05, 4.69) is 58.3 Å². The third-order valence-electron chi connectivity index (χ3n) is 3.86. The Labute approximate surface area is 99.3 Å². The lowest BCUT2D eigenvalue weighted by atomic mass is 9.85. The van der Waals surface area contributed by atoms with E-state index in [1.54, 1.807) is 0 Å². The zero-order chi connectivity index (χ0) is 11.9. The summed E-state index contributed by atoms with van der Waals surface area (Å²) in [6.07, 6.45) is 1.19. The van der Waals surface area contributed by atoms with Crippen LogP contribution in [-0.4, -0.2) is 7.05 Å². The van der Waals surface area contributed by atoms with Crippen molar-refractivity contribution >= 4 is 0 Å². The first kappa shape index (κ1) is 11.7. The molecule has 1 nitrogen and oxygen atoms in total. The Morgan fingerprint density at radius 2 is 2.00 bits per heavy atom. The highest BCUT2D eigenvalue weighted by atomic mass is 14.9. The fourth-order valence-corrected chi connectivity index (χ4v) is 2.96. The fraction of sp³-hybridized carbons (Fsp3) is 0.600. The molecule has 2 rings (SSSR count). The van der Waals surface area contributed by atoms with Crippen LogP contribution in [0.2, 0.25) is 0 Å². The van der Waals surface area contributed by atoms with Crippen LogP contribution in [0.15, 0.2) is 18.2 Å². The van der Waals surface area contributed by atoms with E-state index >= 15 is 0 Å². The first-order valence-corrected chi connectivity index (χ1v) is 6.25. The molecule has 1 aliphatic rings. The van der Waals surface area contributed by atoms with Crippen LogP contribution >= 0.6 is 0 Å². The summed E-state index contributed by atoms with van der Waals surface area (Å²) in [6.45, 7) is 9.22. The van der Waals surface area contributed by atoms with E-state index in [4.69, 9.17) is 0 Å². The largest absolute Gasteiger partial charge is 0.313 e. The SMILES string of the molecule is CNC1c2cc(C(C)C)ccc2CC1(C)C. The van der Waals surface area contributed by atoms with E-state index in [0.29, 0.717) is 17.4 Å². The van der Waals surface area contributed by atoms with Crippen LogP contribution in [0.1, 0.15) is 56.3 Å². The van der Waals surface area contributed by atoms with Gasteiger partial charge in [0.05, 0.1) is 0 Å². The Balaban J connectivity index is 2.45. The van der Waals surface area contributed by atoms with Gasteiger partial charge < -0.3 is 5.32 Å². The molecule has 88 valence electrons. The lowest BCUT2D eigenvalue weighted by molar-refractivity contribution is 0.283. The van der Waals surface area contributed by atoms with Crippen LogP contribution in [0.5, 0.6) is 0 Å². The van der Waals surface area contributed by atoms with Crippen LogP contribution in [-0.2, 0) is 6.42 Å². The predicted molar refractivity (Wildman–Crippen MR) is 69.8 cm³/mol. The molecule has 0 radical (unpaired) electrons. The van der Waals surface area contributed by atoms with Gasteiger partial charge in [0, 0.05) is 6.04 Å². The topological polar surface area (TPSA) is 12.0 Å². The molecule has 1 aromatic rings. The Kier molecular flexibility index (Phi) is 2.83. The third kappa shape index (κ3) is 1.78. The Hall–Kier alpha value is -0.820. The maximum Gasteiger partial charge on any atom is 0.0375 e. The Morgan fingerprint density at radius 3 is 2.56 bits per heavy atom. The molecule has 0 spiro atoms. The highest BCUT2D eigenvalue weighted by molar-refractivity contribution is 5.41. The molecule has 0 amide bonds. The second-order valence-electron chi connectivity index (χ2n) is 6.00. The van der Waals surface area contributed by atoms with E-state index in [1.165, 1.54) is 23.1 Å². The van der Waals surface area contributed by atoms with Crippen molar-refractivity contribution in [3.8, 4) is 0 Å².